The molecule has 25 heavy (non-hydrogen) atoms. The third-order valence-electron chi connectivity index (χ3n) is 3.81. The Morgan fingerprint density at radius 1 is 1.12 bits per heavy atom. The van der Waals surface area contributed by atoms with Crippen molar-refractivity contribution in [2.75, 3.05) is 7.05 Å². The molecule has 0 bridgehead atoms. The van der Waals surface area contributed by atoms with E-state index >= 15 is 0 Å². The summed E-state index contributed by atoms with van der Waals surface area (Å²) in [4.78, 5) is 14.4. The molecule has 0 fully saturated rings. The normalized spacial score (nSPS) is 10.5. The molecular formula is C20H20N2O3. The fourth-order valence-corrected chi connectivity index (χ4v) is 2.55. The Labute approximate surface area is 146 Å². The van der Waals surface area contributed by atoms with E-state index in [9.17, 15) is 4.79 Å². The highest BCUT2D eigenvalue weighted by Crippen LogP contribution is 2.17. The first kappa shape index (κ1) is 16.8. The number of benzene rings is 2. The molecule has 0 radical (unpaired) electrons. The molecule has 5 nitrogen and oxygen atoms in total. The molecule has 3 aromatic rings. The van der Waals surface area contributed by atoms with Gasteiger partial charge in [0.25, 0.3) is 5.91 Å². The summed E-state index contributed by atoms with van der Waals surface area (Å²) in [5, 5.41) is 3.94. The van der Waals surface area contributed by atoms with Crippen molar-refractivity contribution in [1.82, 2.24) is 10.1 Å². The van der Waals surface area contributed by atoms with Crippen LogP contribution in [0.1, 0.15) is 27.4 Å². The molecule has 0 atom stereocenters. The predicted octanol–water partition coefficient (Wildman–Crippen LogP) is 3.83. The Morgan fingerprint density at radius 3 is 2.56 bits per heavy atom. The minimum absolute atomic E-state index is 0.0760. The van der Waals surface area contributed by atoms with Gasteiger partial charge in [0.15, 0.2) is 0 Å². The number of ether oxygens (including phenoxy) is 1. The lowest BCUT2D eigenvalue weighted by atomic mass is 10.1. The Hall–Kier alpha value is -3.08. The van der Waals surface area contributed by atoms with Crippen LogP contribution in [0, 0.1) is 6.92 Å². The number of carbonyl (C=O) groups is 1. The Bertz CT molecular complexity index is 843. The summed E-state index contributed by atoms with van der Waals surface area (Å²) in [6.45, 7) is 2.56. The van der Waals surface area contributed by atoms with Gasteiger partial charge in [-0.2, -0.15) is 0 Å². The molecule has 2 aromatic carbocycles. The minimum atomic E-state index is -0.0760. The van der Waals surface area contributed by atoms with Gasteiger partial charge >= 0.3 is 0 Å². The lowest BCUT2D eigenvalue weighted by Gasteiger charge is -2.18. The van der Waals surface area contributed by atoms with Gasteiger partial charge in [-0.15, -0.1) is 0 Å². The van der Waals surface area contributed by atoms with E-state index in [0.29, 0.717) is 18.7 Å². The molecule has 1 heterocycles. The Balaban J connectivity index is 1.71. The molecule has 0 unspecified atom stereocenters. The number of amides is 1. The van der Waals surface area contributed by atoms with Gasteiger partial charge in [-0.25, -0.2) is 0 Å². The molecule has 1 aromatic heterocycles. The van der Waals surface area contributed by atoms with Gasteiger partial charge in [-0.1, -0.05) is 41.6 Å². The molecule has 0 saturated heterocycles. The van der Waals surface area contributed by atoms with Crippen LogP contribution in [0.25, 0.3) is 0 Å². The quantitative estimate of drug-likeness (QED) is 0.686. The summed E-state index contributed by atoms with van der Waals surface area (Å²) in [6, 6.07) is 18.9. The monoisotopic (exact) mass is 336 g/mol. The van der Waals surface area contributed by atoms with Crippen LogP contribution in [0.2, 0.25) is 0 Å². The third-order valence-corrected chi connectivity index (χ3v) is 3.81. The van der Waals surface area contributed by atoms with Crippen LogP contribution in [-0.4, -0.2) is 23.0 Å². The average molecular weight is 336 g/mol. The van der Waals surface area contributed by atoms with Crippen molar-refractivity contribution < 1.29 is 14.1 Å². The standard InChI is InChI=1S/C20H20N2O3/c1-15-12-17(21-25-15)13-22(2)20(23)19-11-7-6-8-16(19)14-24-18-9-4-3-5-10-18/h3-12H,13-14H2,1-2H3. The summed E-state index contributed by atoms with van der Waals surface area (Å²) < 4.78 is 10.8. The van der Waals surface area contributed by atoms with E-state index in [2.05, 4.69) is 5.16 Å². The maximum absolute atomic E-state index is 12.8. The second-order valence-electron chi connectivity index (χ2n) is 5.85. The molecule has 1 amide bonds. The second kappa shape index (κ2) is 7.66. The van der Waals surface area contributed by atoms with E-state index in [-0.39, 0.29) is 5.91 Å². The number of para-hydroxylation sites is 1. The highest BCUT2D eigenvalue weighted by molar-refractivity contribution is 5.95. The molecule has 0 N–H and O–H groups in total. The molecular weight excluding hydrogens is 316 g/mol. The lowest BCUT2D eigenvalue weighted by molar-refractivity contribution is 0.0779. The zero-order chi connectivity index (χ0) is 17.6. The van der Waals surface area contributed by atoms with Crippen LogP contribution < -0.4 is 4.74 Å². The smallest absolute Gasteiger partial charge is 0.254 e. The van der Waals surface area contributed by atoms with Gasteiger partial charge in [0.05, 0.1) is 6.54 Å². The zero-order valence-electron chi connectivity index (χ0n) is 14.3. The lowest BCUT2D eigenvalue weighted by Crippen LogP contribution is -2.27. The summed E-state index contributed by atoms with van der Waals surface area (Å²) in [5.74, 6) is 1.43. The minimum Gasteiger partial charge on any atom is -0.489 e. The van der Waals surface area contributed by atoms with Gasteiger partial charge < -0.3 is 14.2 Å². The molecule has 0 aliphatic rings. The average Bonchev–Trinajstić information content (AvgIpc) is 3.05. The number of carbonyl (C=O) groups excluding carboxylic acids is 1. The first-order valence-electron chi connectivity index (χ1n) is 8.07. The molecule has 0 aliphatic carbocycles. The van der Waals surface area contributed by atoms with Gasteiger partial charge in [0.1, 0.15) is 23.8 Å². The van der Waals surface area contributed by atoms with Gasteiger partial charge in [0, 0.05) is 24.2 Å². The predicted molar refractivity (Wildman–Crippen MR) is 94.3 cm³/mol. The zero-order valence-corrected chi connectivity index (χ0v) is 14.3. The first-order chi connectivity index (χ1) is 12.1. The maximum atomic E-state index is 12.8. The maximum Gasteiger partial charge on any atom is 0.254 e. The third kappa shape index (κ3) is 4.26. The summed E-state index contributed by atoms with van der Waals surface area (Å²) in [7, 11) is 1.75. The van der Waals surface area contributed by atoms with E-state index in [1.54, 1.807) is 11.9 Å². The van der Waals surface area contributed by atoms with E-state index in [0.717, 1.165) is 22.8 Å². The van der Waals surface area contributed by atoms with Gasteiger partial charge in [0.2, 0.25) is 0 Å². The van der Waals surface area contributed by atoms with Crippen molar-refractivity contribution >= 4 is 5.91 Å². The van der Waals surface area contributed by atoms with Crippen molar-refractivity contribution in [3.63, 3.8) is 0 Å². The van der Waals surface area contributed by atoms with Gasteiger partial charge in [-0.3, -0.25) is 4.79 Å². The summed E-state index contributed by atoms with van der Waals surface area (Å²) in [6.07, 6.45) is 0. The highest BCUT2D eigenvalue weighted by atomic mass is 16.5. The number of rotatable bonds is 6. The number of aryl methyl sites for hydroxylation is 1. The fraction of sp³-hybridized carbons (Fsp3) is 0.200. The topological polar surface area (TPSA) is 55.6 Å². The Kier molecular flexibility index (Phi) is 5.14. The van der Waals surface area contributed by atoms with Crippen LogP contribution in [0.5, 0.6) is 5.75 Å². The molecule has 128 valence electrons. The largest absolute Gasteiger partial charge is 0.489 e. The van der Waals surface area contributed by atoms with Gasteiger partial charge in [-0.05, 0) is 25.1 Å². The molecule has 0 saturated carbocycles. The van der Waals surface area contributed by atoms with Crippen LogP contribution in [0.15, 0.2) is 65.2 Å². The highest BCUT2D eigenvalue weighted by Gasteiger charge is 2.17. The number of aromatic nitrogens is 1. The number of nitrogens with zero attached hydrogens (tertiary/aromatic N) is 2. The van der Waals surface area contributed by atoms with Crippen LogP contribution in [-0.2, 0) is 13.2 Å². The van der Waals surface area contributed by atoms with E-state index in [1.807, 2.05) is 67.6 Å². The first-order valence-corrected chi connectivity index (χ1v) is 8.07. The van der Waals surface area contributed by atoms with E-state index in [4.69, 9.17) is 9.26 Å². The van der Waals surface area contributed by atoms with Crippen molar-refractivity contribution in [3.8, 4) is 5.75 Å². The molecule has 3 rings (SSSR count). The molecule has 0 aliphatic heterocycles. The second-order valence-corrected chi connectivity index (χ2v) is 5.85. The van der Waals surface area contributed by atoms with E-state index in [1.165, 1.54) is 0 Å². The van der Waals surface area contributed by atoms with Crippen LogP contribution in [0.4, 0.5) is 0 Å². The van der Waals surface area contributed by atoms with Crippen molar-refractivity contribution in [1.29, 1.82) is 0 Å². The molecule has 0 spiro atoms. The number of hydrogen-bond acceptors (Lipinski definition) is 4. The van der Waals surface area contributed by atoms with Crippen molar-refractivity contribution in [2.24, 2.45) is 0 Å². The van der Waals surface area contributed by atoms with Crippen LogP contribution >= 0.6 is 0 Å². The Morgan fingerprint density at radius 2 is 1.84 bits per heavy atom. The SMILES string of the molecule is Cc1cc(CN(C)C(=O)c2ccccc2COc2ccccc2)no1. The van der Waals surface area contributed by atoms with Crippen molar-refractivity contribution in [2.45, 2.75) is 20.1 Å². The van der Waals surface area contributed by atoms with E-state index < -0.39 is 0 Å². The fourth-order valence-electron chi connectivity index (χ4n) is 2.55. The summed E-state index contributed by atoms with van der Waals surface area (Å²) >= 11 is 0. The number of hydrogen-bond donors (Lipinski definition) is 0. The van der Waals surface area contributed by atoms with Crippen molar-refractivity contribution in [3.05, 3.63) is 83.2 Å². The summed E-state index contributed by atoms with van der Waals surface area (Å²) in [5.41, 5.74) is 2.20. The van der Waals surface area contributed by atoms with Crippen LogP contribution in [0.3, 0.4) is 0 Å². The molecule has 5 heteroatoms.